The van der Waals surface area contributed by atoms with Gasteiger partial charge in [0, 0.05) is 17.8 Å². The first-order valence-corrected chi connectivity index (χ1v) is 5.76. The first kappa shape index (κ1) is 12.9. The molecule has 0 saturated carbocycles. The Balaban J connectivity index is 2.41. The number of hydrogen-bond donors (Lipinski definition) is 1. The molecule has 0 aliphatic heterocycles. The molecule has 2 rings (SSSR count). The summed E-state index contributed by atoms with van der Waals surface area (Å²) in [5.41, 5.74) is 6.40. The fourth-order valence-electron chi connectivity index (χ4n) is 1.40. The van der Waals surface area contributed by atoms with E-state index in [1.165, 1.54) is 0 Å². The highest BCUT2D eigenvalue weighted by Gasteiger charge is 2.26. The highest BCUT2D eigenvalue weighted by Crippen LogP contribution is 2.29. The Labute approximate surface area is 110 Å². The highest BCUT2D eigenvalue weighted by molar-refractivity contribution is 6.31. The number of benzene rings is 1. The summed E-state index contributed by atoms with van der Waals surface area (Å²) in [6.07, 6.45) is 0. The van der Waals surface area contributed by atoms with Crippen LogP contribution in [0.1, 0.15) is 19.7 Å². The lowest BCUT2D eigenvalue weighted by Gasteiger charge is -2.17. The van der Waals surface area contributed by atoms with Gasteiger partial charge in [0.15, 0.2) is 0 Å². The number of nitrogens with zero attached hydrogens (tertiary/aromatic N) is 2. The largest absolute Gasteiger partial charge is 0.398 e. The Morgan fingerprint density at radius 1 is 1.39 bits per heavy atom. The molecule has 0 bridgehead atoms. The lowest BCUT2D eigenvalue weighted by atomic mass is 10.1. The SMILES string of the molecule is COC(C)(C)c1noc(-c2ccc(Cl)cc2N)n1. The first-order chi connectivity index (χ1) is 8.44. The van der Waals surface area contributed by atoms with Crippen LogP contribution < -0.4 is 5.73 Å². The second kappa shape index (κ2) is 4.59. The van der Waals surface area contributed by atoms with Crippen LogP contribution in [0.5, 0.6) is 0 Å². The Hall–Kier alpha value is -1.59. The van der Waals surface area contributed by atoms with Crippen molar-refractivity contribution in [1.82, 2.24) is 10.1 Å². The number of halogens is 1. The second-order valence-corrected chi connectivity index (χ2v) is 4.81. The maximum absolute atomic E-state index is 5.86. The third kappa shape index (κ3) is 2.32. The van der Waals surface area contributed by atoms with E-state index in [1.807, 2.05) is 13.8 Å². The standard InChI is InChI=1S/C12H14ClN3O2/c1-12(2,17-3)11-15-10(18-16-11)8-5-4-7(13)6-9(8)14/h4-6H,14H2,1-3H3. The van der Waals surface area contributed by atoms with Crippen molar-refractivity contribution in [2.75, 3.05) is 12.8 Å². The van der Waals surface area contributed by atoms with Crippen molar-refractivity contribution < 1.29 is 9.26 Å². The number of aromatic nitrogens is 2. The van der Waals surface area contributed by atoms with E-state index in [2.05, 4.69) is 10.1 Å². The van der Waals surface area contributed by atoms with Crippen LogP contribution in [0.15, 0.2) is 22.7 Å². The lowest BCUT2D eigenvalue weighted by molar-refractivity contribution is 0.00973. The molecule has 2 aromatic rings. The predicted molar refractivity (Wildman–Crippen MR) is 69.2 cm³/mol. The van der Waals surface area contributed by atoms with Gasteiger partial charge >= 0.3 is 0 Å². The average molecular weight is 268 g/mol. The second-order valence-electron chi connectivity index (χ2n) is 4.37. The van der Waals surface area contributed by atoms with Crippen molar-refractivity contribution in [2.24, 2.45) is 0 Å². The number of ether oxygens (including phenoxy) is 1. The van der Waals surface area contributed by atoms with Crippen LogP contribution in [0.25, 0.3) is 11.5 Å². The van der Waals surface area contributed by atoms with Gasteiger partial charge in [-0.05, 0) is 32.0 Å². The van der Waals surface area contributed by atoms with Crippen LogP contribution in [0.4, 0.5) is 5.69 Å². The van der Waals surface area contributed by atoms with Gasteiger partial charge in [-0.15, -0.1) is 0 Å². The minimum Gasteiger partial charge on any atom is -0.398 e. The summed E-state index contributed by atoms with van der Waals surface area (Å²) in [6, 6.07) is 5.11. The summed E-state index contributed by atoms with van der Waals surface area (Å²) in [5.74, 6) is 0.818. The number of rotatable bonds is 3. The van der Waals surface area contributed by atoms with Gasteiger partial charge in [0.05, 0.1) is 5.56 Å². The number of nitrogen functional groups attached to an aromatic ring is 1. The van der Waals surface area contributed by atoms with Gasteiger partial charge in [0.25, 0.3) is 5.89 Å². The summed E-state index contributed by atoms with van der Waals surface area (Å²) >= 11 is 5.84. The molecule has 5 nitrogen and oxygen atoms in total. The normalized spacial score (nSPS) is 11.8. The van der Waals surface area contributed by atoms with Crippen molar-refractivity contribution in [3.63, 3.8) is 0 Å². The van der Waals surface area contributed by atoms with E-state index < -0.39 is 5.60 Å². The molecule has 0 aliphatic carbocycles. The zero-order valence-corrected chi connectivity index (χ0v) is 11.2. The van der Waals surface area contributed by atoms with Gasteiger partial charge in [-0.2, -0.15) is 4.98 Å². The Bertz CT molecular complexity index is 566. The predicted octanol–water partition coefficient (Wildman–Crippen LogP) is 2.85. The van der Waals surface area contributed by atoms with Crippen molar-refractivity contribution in [1.29, 1.82) is 0 Å². The minimum absolute atomic E-state index is 0.351. The summed E-state index contributed by atoms with van der Waals surface area (Å²) in [4.78, 5) is 4.29. The van der Waals surface area contributed by atoms with Crippen molar-refractivity contribution in [2.45, 2.75) is 19.4 Å². The number of anilines is 1. The third-order valence-electron chi connectivity index (χ3n) is 2.72. The maximum atomic E-state index is 5.86. The maximum Gasteiger partial charge on any atom is 0.260 e. The molecule has 0 radical (unpaired) electrons. The molecule has 0 unspecified atom stereocenters. The number of hydrogen-bond acceptors (Lipinski definition) is 5. The van der Waals surface area contributed by atoms with Crippen molar-refractivity contribution in [3.8, 4) is 11.5 Å². The zero-order chi connectivity index (χ0) is 13.3. The molecule has 0 fully saturated rings. The van der Waals surface area contributed by atoms with E-state index in [4.69, 9.17) is 26.6 Å². The van der Waals surface area contributed by atoms with Crippen LogP contribution in [0.3, 0.4) is 0 Å². The summed E-state index contributed by atoms with van der Waals surface area (Å²) in [7, 11) is 1.59. The van der Waals surface area contributed by atoms with Gasteiger partial charge in [-0.3, -0.25) is 0 Å². The number of nitrogens with two attached hydrogens (primary N) is 1. The topological polar surface area (TPSA) is 74.2 Å². The average Bonchev–Trinajstić information content (AvgIpc) is 2.79. The quantitative estimate of drug-likeness (QED) is 0.866. The molecule has 1 heterocycles. The smallest absolute Gasteiger partial charge is 0.260 e. The number of methoxy groups -OCH3 is 1. The van der Waals surface area contributed by atoms with Gasteiger partial charge < -0.3 is 15.0 Å². The molecule has 18 heavy (non-hydrogen) atoms. The zero-order valence-electron chi connectivity index (χ0n) is 10.4. The summed E-state index contributed by atoms with van der Waals surface area (Å²) in [5, 5.41) is 4.46. The van der Waals surface area contributed by atoms with Crippen molar-refractivity contribution in [3.05, 3.63) is 29.0 Å². The molecular formula is C12H14ClN3O2. The molecule has 1 aromatic carbocycles. The first-order valence-electron chi connectivity index (χ1n) is 5.39. The van der Waals surface area contributed by atoms with Crippen LogP contribution >= 0.6 is 11.6 Å². The minimum atomic E-state index is -0.608. The fourth-order valence-corrected chi connectivity index (χ4v) is 1.58. The van der Waals surface area contributed by atoms with Crippen LogP contribution in [-0.4, -0.2) is 17.3 Å². The molecule has 6 heteroatoms. The monoisotopic (exact) mass is 267 g/mol. The van der Waals surface area contributed by atoms with Gasteiger partial charge in [0.2, 0.25) is 5.82 Å². The van der Waals surface area contributed by atoms with Crippen LogP contribution in [-0.2, 0) is 10.3 Å². The van der Waals surface area contributed by atoms with E-state index in [9.17, 15) is 0 Å². The lowest BCUT2D eigenvalue weighted by Crippen LogP contribution is -2.21. The van der Waals surface area contributed by atoms with E-state index in [1.54, 1.807) is 25.3 Å². The van der Waals surface area contributed by atoms with Gasteiger partial charge in [-0.1, -0.05) is 16.8 Å². The Morgan fingerprint density at radius 3 is 2.72 bits per heavy atom. The van der Waals surface area contributed by atoms with E-state index in [-0.39, 0.29) is 0 Å². The van der Waals surface area contributed by atoms with E-state index in [0.29, 0.717) is 28.0 Å². The molecule has 96 valence electrons. The molecule has 0 saturated heterocycles. The molecular weight excluding hydrogens is 254 g/mol. The fraction of sp³-hybridized carbons (Fsp3) is 0.333. The molecule has 1 aromatic heterocycles. The Kier molecular flexibility index (Phi) is 3.28. The third-order valence-corrected chi connectivity index (χ3v) is 2.95. The molecule has 0 atom stereocenters. The van der Waals surface area contributed by atoms with Crippen molar-refractivity contribution >= 4 is 17.3 Å². The summed E-state index contributed by atoms with van der Waals surface area (Å²) in [6.45, 7) is 3.71. The molecule has 0 amide bonds. The van der Waals surface area contributed by atoms with Gasteiger partial charge in [-0.25, -0.2) is 0 Å². The molecule has 0 spiro atoms. The summed E-state index contributed by atoms with van der Waals surface area (Å²) < 4.78 is 10.5. The van der Waals surface area contributed by atoms with Crippen LogP contribution in [0.2, 0.25) is 5.02 Å². The van der Waals surface area contributed by atoms with Gasteiger partial charge in [0.1, 0.15) is 5.60 Å². The van der Waals surface area contributed by atoms with Crippen LogP contribution in [0, 0.1) is 0 Å². The van der Waals surface area contributed by atoms with E-state index >= 15 is 0 Å². The molecule has 2 N–H and O–H groups in total. The van der Waals surface area contributed by atoms with E-state index in [0.717, 1.165) is 0 Å². The highest BCUT2D eigenvalue weighted by atomic mass is 35.5. The Morgan fingerprint density at radius 2 is 2.11 bits per heavy atom. The molecule has 0 aliphatic rings.